The Bertz CT molecular complexity index is 1320. The number of Topliss-reactive ketones (excluding diaryl/α,β-unsaturated/α-hetero) is 1. The number of rotatable bonds is 9. The summed E-state index contributed by atoms with van der Waals surface area (Å²) >= 11 is 0. The number of likely N-dealkylation sites (tertiary alicyclic amines) is 1. The van der Waals surface area contributed by atoms with E-state index in [1.807, 2.05) is 12.1 Å². The van der Waals surface area contributed by atoms with E-state index in [4.69, 9.17) is 9.47 Å². The Morgan fingerprint density at radius 3 is 2.25 bits per heavy atom. The molecule has 1 atom stereocenters. The summed E-state index contributed by atoms with van der Waals surface area (Å²) in [5.41, 5.74) is 3.18. The maximum atomic E-state index is 13.2. The van der Waals surface area contributed by atoms with E-state index in [2.05, 4.69) is 13.8 Å². The van der Waals surface area contributed by atoms with Gasteiger partial charge in [-0.05, 0) is 80.8 Å². The van der Waals surface area contributed by atoms with E-state index in [0.29, 0.717) is 24.9 Å². The summed E-state index contributed by atoms with van der Waals surface area (Å²) in [5.74, 6) is -0.967. The van der Waals surface area contributed by atoms with Crippen LogP contribution >= 0.6 is 0 Å². The normalized spacial score (nSPS) is 17.2. The van der Waals surface area contributed by atoms with Gasteiger partial charge in [-0.2, -0.15) is 0 Å². The molecule has 0 unspecified atom stereocenters. The molecule has 1 aliphatic carbocycles. The molecule has 1 amide bonds. The van der Waals surface area contributed by atoms with Crippen molar-refractivity contribution in [2.75, 3.05) is 13.2 Å². The van der Waals surface area contributed by atoms with Crippen LogP contribution in [0.3, 0.4) is 0 Å². The zero-order valence-corrected chi connectivity index (χ0v) is 24.0. The minimum absolute atomic E-state index is 0.0543. The number of amides is 1. The van der Waals surface area contributed by atoms with E-state index in [1.54, 1.807) is 39.0 Å². The lowest BCUT2D eigenvalue weighted by molar-refractivity contribution is -0.384. The smallest absolute Gasteiger partial charge is 0.411 e. The highest BCUT2D eigenvalue weighted by Crippen LogP contribution is 2.54. The van der Waals surface area contributed by atoms with E-state index in [9.17, 15) is 24.5 Å². The van der Waals surface area contributed by atoms with Gasteiger partial charge in [0, 0.05) is 29.7 Å². The summed E-state index contributed by atoms with van der Waals surface area (Å²) in [5, 5.41) is 11.6. The van der Waals surface area contributed by atoms with Crippen molar-refractivity contribution in [1.82, 2.24) is 4.90 Å². The number of fused-ring (bicyclic) bond motifs is 3. The quantitative estimate of drug-likeness (QED) is 0.150. The van der Waals surface area contributed by atoms with Gasteiger partial charge in [0.15, 0.2) is 12.4 Å². The molecule has 0 radical (unpaired) electrons. The molecule has 2 aromatic rings. The number of ketones is 1. The third-order valence-corrected chi connectivity index (χ3v) is 7.73. The van der Waals surface area contributed by atoms with Crippen LogP contribution in [0.2, 0.25) is 0 Å². The Kier molecular flexibility index (Phi) is 8.33. The Labute approximate surface area is 235 Å². The number of non-ortho nitro benzene ring substituents is 1. The van der Waals surface area contributed by atoms with Crippen molar-refractivity contribution in [2.24, 2.45) is 0 Å². The molecule has 0 N–H and O–H groups in total. The van der Waals surface area contributed by atoms with Gasteiger partial charge in [-0.15, -0.1) is 0 Å². The van der Waals surface area contributed by atoms with Gasteiger partial charge in [0.2, 0.25) is 0 Å². The number of carbonyl (C=O) groups excluding carboxylic acids is 3. The molecule has 2 aliphatic rings. The van der Waals surface area contributed by atoms with Gasteiger partial charge in [-0.1, -0.05) is 38.8 Å². The van der Waals surface area contributed by atoms with Gasteiger partial charge in [-0.3, -0.25) is 19.8 Å². The molecule has 1 aliphatic heterocycles. The van der Waals surface area contributed by atoms with Crippen molar-refractivity contribution in [2.45, 2.75) is 90.2 Å². The number of nitro benzene ring substituents is 1. The zero-order chi connectivity index (χ0) is 29.2. The first kappa shape index (κ1) is 29.2. The Hall–Kier alpha value is -3.75. The van der Waals surface area contributed by atoms with Crippen molar-refractivity contribution in [1.29, 1.82) is 0 Å². The second-order valence-corrected chi connectivity index (χ2v) is 11.7. The minimum Gasteiger partial charge on any atom is -0.456 e. The third-order valence-electron chi connectivity index (χ3n) is 7.73. The number of nitrogens with zero attached hydrogens (tertiary/aromatic N) is 2. The van der Waals surface area contributed by atoms with E-state index >= 15 is 0 Å². The van der Waals surface area contributed by atoms with E-state index < -0.39 is 35.7 Å². The molecule has 9 heteroatoms. The zero-order valence-electron chi connectivity index (χ0n) is 24.0. The van der Waals surface area contributed by atoms with Crippen molar-refractivity contribution in [3.8, 4) is 11.1 Å². The third kappa shape index (κ3) is 5.60. The highest BCUT2D eigenvalue weighted by Gasteiger charge is 2.43. The van der Waals surface area contributed by atoms with Gasteiger partial charge in [-0.25, -0.2) is 9.59 Å². The molecular weight excluding hydrogens is 512 g/mol. The first-order valence-corrected chi connectivity index (χ1v) is 14.0. The summed E-state index contributed by atoms with van der Waals surface area (Å²) in [7, 11) is 0. The summed E-state index contributed by atoms with van der Waals surface area (Å²) in [6.07, 6.45) is 3.84. The number of nitro groups is 1. The number of esters is 1. The fourth-order valence-electron chi connectivity index (χ4n) is 6.15. The molecular formula is C31H38N2O7. The molecule has 0 bridgehead atoms. The summed E-state index contributed by atoms with van der Waals surface area (Å²) in [4.78, 5) is 51.2. The summed E-state index contributed by atoms with van der Waals surface area (Å²) < 4.78 is 10.8. The number of ether oxygens (including phenoxy) is 2. The Morgan fingerprint density at radius 1 is 1.02 bits per heavy atom. The topological polar surface area (TPSA) is 116 Å². The molecule has 0 aromatic heterocycles. The van der Waals surface area contributed by atoms with E-state index in [-0.39, 0.29) is 16.4 Å². The average molecular weight is 551 g/mol. The van der Waals surface area contributed by atoms with Crippen molar-refractivity contribution in [3.63, 3.8) is 0 Å². The SMILES string of the molecule is CCCC1(CCC)c2cc(C(=O)COC(=O)[C@@H]3CCCN3C(=O)OC(C)(C)C)ccc2-c2ccc([N+](=O)[O-])cc21. The molecule has 9 nitrogen and oxygen atoms in total. The highest BCUT2D eigenvalue weighted by molar-refractivity contribution is 6.00. The van der Waals surface area contributed by atoms with Crippen LogP contribution in [0.5, 0.6) is 0 Å². The molecule has 1 fully saturated rings. The Morgan fingerprint density at radius 2 is 1.65 bits per heavy atom. The standard InChI is InChI=1S/C31H38N2O7/c1-6-14-31(15-7-2)24-17-20(10-12-22(24)23-13-11-21(33(37)38)18-25(23)31)27(34)19-39-28(35)26-9-8-16-32(26)29(36)40-30(3,4)5/h10-13,17-18,26H,6-9,14-16,19H2,1-5H3/t26-/m0/s1. The lowest BCUT2D eigenvalue weighted by atomic mass is 9.71. The largest absolute Gasteiger partial charge is 0.456 e. The molecule has 214 valence electrons. The average Bonchev–Trinajstić information content (AvgIpc) is 3.49. The number of hydrogen-bond donors (Lipinski definition) is 0. The first-order valence-electron chi connectivity index (χ1n) is 14.0. The van der Waals surface area contributed by atoms with E-state index in [0.717, 1.165) is 47.9 Å². The van der Waals surface area contributed by atoms with Gasteiger partial charge in [0.25, 0.3) is 5.69 Å². The minimum atomic E-state index is -0.783. The van der Waals surface area contributed by atoms with Crippen molar-refractivity contribution < 1.29 is 28.8 Å². The highest BCUT2D eigenvalue weighted by atomic mass is 16.6. The molecule has 0 spiro atoms. The van der Waals surface area contributed by atoms with E-state index in [1.165, 1.54) is 11.0 Å². The molecule has 1 heterocycles. The first-order chi connectivity index (χ1) is 18.9. The molecule has 1 saturated heterocycles. The molecule has 40 heavy (non-hydrogen) atoms. The van der Waals surface area contributed by atoms with Crippen molar-refractivity contribution in [3.05, 3.63) is 63.2 Å². The van der Waals surface area contributed by atoms with Gasteiger partial charge < -0.3 is 9.47 Å². The maximum absolute atomic E-state index is 13.2. The summed E-state index contributed by atoms with van der Waals surface area (Å²) in [6, 6.07) is 9.71. The van der Waals surface area contributed by atoms with Crippen LogP contribution in [-0.4, -0.2) is 52.5 Å². The fraction of sp³-hybridized carbons (Fsp3) is 0.516. The van der Waals surface area contributed by atoms with Gasteiger partial charge in [0.05, 0.1) is 4.92 Å². The van der Waals surface area contributed by atoms with Crippen LogP contribution in [0, 0.1) is 10.1 Å². The lowest BCUT2D eigenvalue weighted by Crippen LogP contribution is -2.44. The molecule has 2 aromatic carbocycles. The van der Waals surface area contributed by atoms with Crippen LogP contribution in [0.4, 0.5) is 10.5 Å². The maximum Gasteiger partial charge on any atom is 0.411 e. The molecule has 0 saturated carbocycles. The monoisotopic (exact) mass is 550 g/mol. The predicted molar refractivity (Wildman–Crippen MR) is 150 cm³/mol. The Balaban J connectivity index is 1.56. The van der Waals surface area contributed by atoms with Crippen LogP contribution < -0.4 is 0 Å². The molecule has 4 rings (SSSR count). The van der Waals surface area contributed by atoms with Crippen LogP contribution in [-0.2, 0) is 19.7 Å². The number of carbonyl (C=O) groups is 3. The fourth-order valence-corrected chi connectivity index (χ4v) is 6.15. The van der Waals surface area contributed by atoms with Crippen molar-refractivity contribution >= 4 is 23.5 Å². The van der Waals surface area contributed by atoms with Crippen LogP contribution in [0.1, 0.15) is 94.6 Å². The number of hydrogen-bond acceptors (Lipinski definition) is 7. The second kappa shape index (κ2) is 11.4. The summed E-state index contributed by atoms with van der Waals surface area (Å²) in [6.45, 7) is 9.42. The van der Waals surface area contributed by atoms with Crippen LogP contribution in [0.15, 0.2) is 36.4 Å². The van der Waals surface area contributed by atoms with Gasteiger partial charge in [0.1, 0.15) is 11.6 Å². The number of benzene rings is 2. The van der Waals surface area contributed by atoms with Crippen LogP contribution in [0.25, 0.3) is 11.1 Å². The van der Waals surface area contributed by atoms with Gasteiger partial charge >= 0.3 is 12.1 Å². The lowest BCUT2D eigenvalue weighted by Gasteiger charge is -2.32. The predicted octanol–water partition coefficient (Wildman–Crippen LogP) is 6.59. The second-order valence-electron chi connectivity index (χ2n) is 11.7.